The summed E-state index contributed by atoms with van der Waals surface area (Å²) in [6.07, 6.45) is 4.77. The highest BCUT2D eigenvalue weighted by Gasteiger charge is 2.37. The number of hydrogen-bond acceptors (Lipinski definition) is 3. The summed E-state index contributed by atoms with van der Waals surface area (Å²) in [4.78, 5) is 12.3. The Labute approximate surface area is 127 Å². The fraction of sp³-hybridized carbons (Fsp3) is 0.588. The number of carbonyl (C=O) groups excluding carboxylic acids is 1. The molecule has 2 rings (SSSR count). The maximum Gasteiger partial charge on any atom is 0.221 e. The normalized spacial score (nSPS) is 17.7. The highest BCUT2D eigenvalue weighted by molar-refractivity contribution is 5.77. The van der Waals surface area contributed by atoms with Crippen molar-refractivity contribution in [2.45, 2.75) is 45.1 Å². The molecule has 1 atom stereocenters. The first-order valence-corrected chi connectivity index (χ1v) is 7.76. The topological polar surface area (TPSA) is 64.4 Å². The van der Waals surface area contributed by atoms with Crippen molar-refractivity contribution in [1.29, 1.82) is 0 Å². The number of rotatable bonds is 7. The Morgan fingerprint density at radius 3 is 2.48 bits per heavy atom. The molecule has 0 bridgehead atoms. The van der Waals surface area contributed by atoms with E-state index in [1.807, 2.05) is 24.3 Å². The van der Waals surface area contributed by atoms with Gasteiger partial charge in [0.2, 0.25) is 5.91 Å². The van der Waals surface area contributed by atoms with Crippen LogP contribution in [0.3, 0.4) is 0 Å². The van der Waals surface area contributed by atoms with Gasteiger partial charge in [0, 0.05) is 6.42 Å². The fourth-order valence-corrected chi connectivity index (χ4v) is 2.97. The number of ether oxygens (including phenoxy) is 1. The Bertz CT molecular complexity index is 461. The molecule has 1 unspecified atom stereocenters. The van der Waals surface area contributed by atoms with Crippen molar-refractivity contribution >= 4 is 5.91 Å². The number of benzene rings is 1. The molecular formula is C17H26N2O2. The minimum absolute atomic E-state index is 0.0540. The zero-order chi connectivity index (χ0) is 15.3. The van der Waals surface area contributed by atoms with Gasteiger partial charge in [0.15, 0.2) is 0 Å². The predicted molar refractivity (Wildman–Crippen MR) is 84.1 cm³/mol. The zero-order valence-corrected chi connectivity index (χ0v) is 13.0. The van der Waals surface area contributed by atoms with Gasteiger partial charge >= 0.3 is 0 Å². The standard InChI is InChI=1S/C17H26N2O2/c1-3-15(13-5-7-14(21-2)8-6-13)19-16(20)11-17(12-18)9-4-10-17/h5-8,15H,3-4,9-12,18H2,1-2H3,(H,19,20). The Morgan fingerprint density at radius 2 is 2.05 bits per heavy atom. The van der Waals surface area contributed by atoms with Crippen LogP contribution >= 0.6 is 0 Å². The molecule has 0 radical (unpaired) electrons. The van der Waals surface area contributed by atoms with Gasteiger partial charge in [-0.25, -0.2) is 0 Å². The van der Waals surface area contributed by atoms with Gasteiger partial charge in [0.05, 0.1) is 13.2 Å². The second-order valence-corrected chi connectivity index (χ2v) is 6.04. The van der Waals surface area contributed by atoms with E-state index in [1.54, 1.807) is 7.11 Å². The van der Waals surface area contributed by atoms with Crippen molar-refractivity contribution in [3.05, 3.63) is 29.8 Å². The minimum atomic E-state index is 0.0540. The number of nitrogens with two attached hydrogens (primary N) is 1. The molecule has 0 aromatic heterocycles. The molecule has 1 aliphatic carbocycles. The molecule has 21 heavy (non-hydrogen) atoms. The molecule has 4 nitrogen and oxygen atoms in total. The maximum absolute atomic E-state index is 12.3. The average molecular weight is 290 g/mol. The fourth-order valence-electron chi connectivity index (χ4n) is 2.97. The summed E-state index contributed by atoms with van der Waals surface area (Å²) >= 11 is 0. The number of carbonyl (C=O) groups is 1. The molecule has 0 heterocycles. The lowest BCUT2D eigenvalue weighted by molar-refractivity contribution is -0.125. The van der Waals surface area contributed by atoms with Crippen LogP contribution in [0.25, 0.3) is 0 Å². The van der Waals surface area contributed by atoms with Crippen LogP contribution in [-0.4, -0.2) is 19.6 Å². The lowest BCUT2D eigenvalue weighted by atomic mass is 9.66. The van der Waals surface area contributed by atoms with E-state index in [-0.39, 0.29) is 17.4 Å². The molecule has 1 aromatic carbocycles. The monoisotopic (exact) mass is 290 g/mol. The van der Waals surface area contributed by atoms with Gasteiger partial charge in [0.1, 0.15) is 5.75 Å². The van der Waals surface area contributed by atoms with Crippen LogP contribution < -0.4 is 15.8 Å². The Balaban J connectivity index is 1.96. The Kier molecular flexibility index (Phi) is 5.23. The summed E-state index contributed by atoms with van der Waals surface area (Å²) in [7, 11) is 1.65. The first kappa shape index (κ1) is 15.8. The molecule has 116 valence electrons. The summed E-state index contributed by atoms with van der Waals surface area (Å²) in [5.41, 5.74) is 7.00. The van der Waals surface area contributed by atoms with Crippen LogP contribution in [0.4, 0.5) is 0 Å². The van der Waals surface area contributed by atoms with Gasteiger partial charge in [-0.05, 0) is 48.9 Å². The second-order valence-electron chi connectivity index (χ2n) is 6.04. The van der Waals surface area contributed by atoms with Crippen molar-refractivity contribution in [1.82, 2.24) is 5.32 Å². The van der Waals surface area contributed by atoms with E-state index in [9.17, 15) is 4.79 Å². The van der Waals surface area contributed by atoms with Crippen LogP contribution in [0, 0.1) is 5.41 Å². The van der Waals surface area contributed by atoms with Crippen molar-refractivity contribution in [2.75, 3.05) is 13.7 Å². The molecule has 3 N–H and O–H groups in total. The maximum atomic E-state index is 12.3. The SMILES string of the molecule is CCC(NC(=O)CC1(CN)CCC1)c1ccc(OC)cc1. The van der Waals surface area contributed by atoms with Crippen molar-refractivity contribution in [2.24, 2.45) is 11.1 Å². The molecule has 1 amide bonds. The number of amides is 1. The summed E-state index contributed by atoms with van der Waals surface area (Å²) in [6, 6.07) is 7.93. The van der Waals surface area contributed by atoms with Crippen LogP contribution in [0.5, 0.6) is 5.75 Å². The summed E-state index contributed by atoms with van der Waals surface area (Å²) in [6.45, 7) is 2.69. The molecule has 0 saturated heterocycles. The first-order valence-electron chi connectivity index (χ1n) is 7.76. The second kappa shape index (κ2) is 6.94. The van der Waals surface area contributed by atoms with Gasteiger partial charge in [0.25, 0.3) is 0 Å². The van der Waals surface area contributed by atoms with Gasteiger partial charge < -0.3 is 15.8 Å². The van der Waals surface area contributed by atoms with Gasteiger partial charge in [-0.3, -0.25) is 4.79 Å². The molecule has 1 aromatic rings. The molecule has 4 heteroatoms. The number of hydrogen-bond donors (Lipinski definition) is 2. The summed E-state index contributed by atoms with van der Waals surface area (Å²) in [5.74, 6) is 0.944. The van der Waals surface area contributed by atoms with Crippen LogP contribution in [-0.2, 0) is 4.79 Å². The predicted octanol–water partition coefficient (Wildman–Crippen LogP) is 2.78. The van der Waals surface area contributed by atoms with Crippen LogP contribution in [0.15, 0.2) is 24.3 Å². The number of methoxy groups -OCH3 is 1. The van der Waals surface area contributed by atoms with Crippen molar-refractivity contribution < 1.29 is 9.53 Å². The van der Waals surface area contributed by atoms with E-state index in [4.69, 9.17) is 10.5 Å². The highest BCUT2D eigenvalue weighted by Crippen LogP contribution is 2.43. The van der Waals surface area contributed by atoms with Crippen LogP contribution in [0.1, 0.15) is 50.6 Å². The third-order valence-electron chi connectivity index (χ3n) is 4.64. The largest absolute Gasteiger partial charge is 0.497 e. The smallest absolute Gasteiger partial charge is 0.221 e. The van der Waals surface area contributed by atoms with E-state index in [0.717, 1.165) is 30.6 Å². The molecule has 0 spiro atoms. The summed E-state index contributed by atoms with van der Waals surface area (Å²) < 4.78 is 5.16. The molecule has 1 fully saturated rings. The lowest BCUT2D eigenvalue weighted by Crippen LogP contribution is -2.42. The zero-order valence-electron chi connectivity index (χ0n) is 13.0. The number of nitrogens with one attached hydrogen (secondary N) is 1. The molecule has 0 aliphatic heterocycles. The first-order chi connectivity index (χ1) is 10.1. The lowest BCUT2D eigenvalue weighted by Gasteiger charge is -2.40. The van der Waals surface area contributed by atoms with E-state index in [1.165, 1.54) is 6.42 Å². The van der Waals surface area contributed by atoms with E-state index < -0.39 is 0 Å². The highest BCUT2D eigenvalue weighted by atomic mass is 16.5. The third-order valence-corrected chi connectivity index (χ3v) is 4.64. The molecule has 1 saturated carbocycles. The third kappa shape index (κ3) is 3.76. The summed E-state index contributed by atoms with van der Waals surface area (Å²) in [5, 5.41) is 3.14. The molecular weight excluding hydrogens is 264 g/mol. The minimum Gasteiger partial charge on any atom is -0.497 e. The van der Waals surface area contributed by atoms with E-state index >= 15 is 0 Å². The van der Waals surface area contributed by atoms with Gasteiger partial charge in [-0.1, -0.05) is 25.5 Å². The van der Waals surface area contributed by atoms with Crippen molar-refractivity contribution in [3.63, 3.8) is 0 Å². The Morgan fingerprint density at radius 1 is 1.38 bits per heavy atom. The average Bonchev–Trinajstić information content (AvgIpc) is 2.48. The Hall–Kier alpha value is -1.55. The van der Waals surface area contributed by atoms with Gasteiger partial charge in [-0.15, -0.1) is 0 Å². The molecule has 1 aliphatic rings. The van der Waals surface area contributed by atoms with Crippen LogP contribution in [0.2, 0.25) is 0 Å². The quantitative estimate of drug-likeness (QED) is 0.811. The van der Waals surface area contributed by atoms with E-state index in [2.05, 4.69) is 12.2 Å². The van der Waals surface area contributed by atoms with Crippen molar-refractivity contribution in [3.8, 4) is 5.75 Å². The van der Waals surface area contributed by atoms with E-state index in [0.29, 0.717) is 13.0 Å². The van der Waals surface area contributed by atoms with Gasteiger partial charge in [-0.2, -0.15) is 0 Å².